The van der Waals surface area contributed by atoms with Gasteiger partial charge in [0, 0.05) is 47.7 Å². The van der Waals surface area contributed by atoms with Crippen molar-refractivity contribution in [2.45, 2.75) is 19.3 Å². The maximum Gasteiger partial charge on any atom is 0.573 e. The summed E-state index contributed by atoms with van der Waals surface area (Å²) in [4.78, 5) is 16.6. The molecule has 0 aliphatic carbocycles. The van der Waals surface area contributed by atoms with Crippen molar-refractivity contribution in [1.29, 1.82) is 5.26 Å². The summed E-state index contributed by atoms with van der Waals surface area (Å²) in [5.41, 5.74) is 2.50. The van der Waals surface area contributed by atoms with Gasteiger partial charge in [-0.2, -0.15) is 5.26 Å². The number of piperazine rings is 1. The first kappa shape index (κ1) is 25.8. The molecule has 1 atom stereocenters. The van der Waals surface area contributed by atoms with Crippen LogP contribution in [0.15, 0.2) is 72.8 Å². The molecule has 1 saturated heterocycles. The third kappa shape index (κ3) is 5.70. The molecule has 0 saturated carbocycles. The second-order valence-electron chi connectivity index (χ2n) is 9.10. The third-order valence-corrected chi connectivity index (χ3v) is 6.48. The molecular formula is C28H23F3N6O2. The zero-order valence-electron chi connectivity index (χ0n) is 20.8. The normalized spacial score (nSPS) is 15.6. The average Bonchev–Trinajstić information content (AvgIpc) is 2.93. The fourth-order valence-electron chi connectivity index (χ4n) is 4.62. The average molecular weight is 533 g/mol. The molecule has 1 aromatic heterocycles. The van der Waals surface area contributed by atoms with Crippen LogP contribution in [0, 0.1) is 11.3 Å². The van der Waals surface area contributed by atoms with Gasteiger partial charge in [-0.1, -0.05) is 36.4 Å². The number of nitriles is 1. The largest absolute Gasteiger partial charge is 0.573 e. The van der Waals surface area contributed by atoms with Gasteiger partial charge in [0.25, 0.3) is 0 Å². The van der Waals surface area contributed by atoms with Gasteiger partial charge in [0.2, 0.25) is 0 Å². The Hall–Kier alpha value is -4.85. The van der Waals surface area contributed by atoms with Gasteiger partial charge in [-0.05, 0) is 43.3 Å². The van der Waals surface area contributed by atoms with Crippen molar-refractivity contribution >= 4 is 28.3 Å². The predicted molar refractivity (Wildman–Crippen MR) is 140 cm³/mol. The Labute approximate surface area is 222 Å². The van der Waals surface area contributed by atoms with Gasteiger partial charge < -0.3 is 19.9 Å². The van der Waals surface area contributed by atoms with Gasteiger partial charge in [0.15, 0.2) is 5.82 Å². The number of rotatable bonds is 4. The van der Waals surface area contributed by atoms with E-state index in [0.717, 1.165) is 40.0 Å². The molecule has 1 N–H and O–H groups in total. The number of urea groups is 1. The Kier molecular flexibility index (Phi) is 6.94. The van der Waals surface area contributed by atoms with Crippen LogP contribution in [0.25, 0.3) is 22.0 Å². The fourth-order valence-corrected chi connectivity index (χ4v) is 4.62. The standard InChI is InChI=1S/C28H23F3N6O2/c1-18-17-36(27(38)33-21-10-12-22(13-11-21)39-28(29,30)31)14-15-37(18)26-24-5-3-2-4-23(24)25(34-35-26)20-8-6-19(16-32)7-9-20/h2-13,18H,14-15,17H2,1H3,(H,33,38)/t18-/m0/s1. The van der Waals surface area contributed by atoms with E-state index in [2.05, 4.69) is 31.2 Å². The highest BCUT2D eigenvalue weighted by atomic mass is 19.4. The molecule has 2 heterocycles. The lowest BCUT2D eigenvalue weighted by atomic mass is 10.0. The summed E-state index contributed by atoms with van der Waals surface area (Å²) < 4.78 is 41.0. The van der Waals surface area contributed by atoms with Crippen LogP contribution in [-0.4, -0.2) is 53.2 Å². The summed E-state index contributed by atoms with van der Waals surface area (Å²) >= 11 is 0. The quantitative estimate of drug-likeness (QED) is 0.357. The highest BCUT2D eigenvalue weighted by molar-refractivity contribution is 6.00. The van der Waals surface area contributed by atoms with Gasteiger partial charge in [0.1, 0.15) is 11.4 Å². The number of ether oxygens (including phenoxy) is 1. The van der Waals surface area contributed by atoms with Gasteiger partial charge in [-0.25, -0.2) is 4.79 Å². The Morgan fingerprint density at radius 2 is 1.69 bits per heavy atom. The molecule has 4 aromatic rings. The van der Waals surface area contributed by atoms with Crippen LogP contribution >= 0.6 is 0 Å². The van der Waals surface area contributed by atoms with Gasteiger partial charge >= 0.3 is 12.4 Å². The SMILES string of the molecule is C[C@H]1CN(C(=O)Nc2ccc(OC(F)(F)F)cc2)CCN1c1nnc(-c2ccc(C#N)cc2)c2ccccc12. The summed E-state index contributed by atoms with van der Waals surface area (Å²) in [5.74, 6) is 0.358. The highest BCUT2D eigenvalue weighted by Gasteiger charge is 2.31. The van der Waals surface area contributed by atoms with Crippen molar-refractivity contribution in [3.05, 3.63) is 78.4 Å². The van der Waals surface area contributed by atoms with E-state index in [9.17, 15) is 18.0 Å². The smallest absolute Gasteiger partial charge is 0.406 e. The zero-order chi connectivity index (χ0) is 27.6. The molecule has 11 heteroatoms. The molecule has 2 amide bonds. The molecule has 0 radical (unpaired) electrons. The third-order valence-electron chi connectivity index (χ3n) is 6.48. The number of halogens is 3. The fraction of sp³-hybridized carbons (Fsp3) is 0.214. The number of aromatic nitrogens is 2. The van der Waals surface area contributed by atoms with E-state index in [1.54, 1.807) is 17.0 Å². The number of nitrogens with zero attached hydrogens (tertiary/aromatic N) is 5. The minimum atomic E-state index is -4.78. The number of anilines is 2. The van der Waals surface area contributed by atoms with E-state index in [1.807, 2.05) is 43.3 Å². The van der Waals surface area contributed by atoms with Crippen LogP contribution in [-0.2, 0) is 0 Å². The minimum Gasteiger partial charge on any atom is -0.406 e. The lowest BCUT2D eigenvalue weighted by molar-refractivity contribution is -0.274. The van der Waals surface area contributed by atoms with Gasteiger partial charge in [-0.3, -0.25) is 0 Å². The number of carbonyl (C=O) groups excluding carboxylic acids is 1. The summed E-state index contributed by atoms with van der Waals surface area (Å²) in [6.07, 6.45) is -4.78. The van der Waals surface area contributed by atoms with Crippen molar-refractivity contribution in [3.63, 3.8) is 0 Å². The maximum absolute atomic E-state index is 12.9. The van der Waals surface area contributed by atoms with Crippen LogP contribution in [0.1, 0.15) is 12.5 Å². The second-order valence-corrected chi connectivity index (χ2v) is 9.10. The van der Waals surface area contributed by atoms with Crippen LogP contribution in [0.3, 0.4) is 0 Å². The Morgan fingerprint density at radius 3 is 2.33 bits per heavy atom. The predicted octanol–water partition coefficient (Wildman–Crippen LogP) is 5.81. The lowest BCUT2D eigenvalue weighted by Gasteiger charge is -2.40. The second kappa shape index (κ2) is 10.5. The molecular weight excluding hydrogens is 509 g/mol. The van der Waals surface area contributed by atoms with Crippen LogP contribution in [0.4, 0.5) is 29.5 Å². The minimum absolute atomic E-state index is 0.0782. The molecule has 8 nitrogen and oxygen atoms in total. The topological polar surface area (TPSA) is 94.4 Å². The molecule has 0 bridgehead atoms. The first-order valence-corrected chi connectivity index (χ1v) is 12.2. The molecule has 0 spiro atoms. The number of hydrogen-bond donors (Lipinski definition) is 1. The monoisotopic (exact) mass is 532 g/mol. The number of alkyl halides is 3. The Bertz CT molecular complexity index is 1530. The molecule has 39 heavy (non-hydrogen) atoms. The molecule has 5 rings (SSSR count). The van der Waals surface area contributed by atoms with Crippen molar-refractivity contribution in [1.82, 2.24) is 15.1 Å². The summed E-state index contributed by atoms with van der Waals surface area (Å²) in [7, 11) is 0. The van der Waals surface area contributed by atoms with E-state index in [-0.39, 0.29) is 17.8 Å². The summed E-state index contributed by atoms with van der Waals surface area (Å²) in [6.45, 7) is 3.34. The van der Waals surface area contributed by atoms with E-state index < -0.39 is 6.36 Å². The lowest BCUT2D eigenvalue weighted by Crippen LogP contribution is -2.55. The maximum atomic E-state index is 12.9. The number of carbonyl (C=O) groups is 1. The van der Waals surface area contributed by atoms with E-state index in [4.69, 9.17) is 5.26 Å². The number of hydrogen-bond acceptors (Lipinski definition) is 6. The zero-order valence-corrected chi connectivity index (χ0v) is 20.8. The van der Waals surface area contributed by atoms with Crippen LogP contribution in [0.5, 0.6) is 5.75 Å². The number of amides is 2. The van der Waals surface area contributed by atoms with Crippen molar-refractivity contribution in [3.8, 4) is 23.1 Å². The first-order chi connectivity index (χ1) is 18.7. The van der Waals surface area contributed by atoms with Crippen LogP contribution in [0.2, 0.25) is 0 Å². The van der Waals surface area contributed by atoms with E-state index >= 15 is 0 Å². The molecule has 0 unspecified atom stereocenters. The molecule has 1 aliphatic rings. The van der Waals surface area contributed by atoms with Gasteiger partial charge in [-0.15, -0.1) is 23.4 Å². The van der Waals surface area contributed by atoms with Crippen molar-refractivity contribution < 1.29 is 22.7 Å². The Balaban J connectivity index is 1.30. The molecule has 1 fully saturated rings. The van der Waals surface area contributed by atoms with E-state index in [0.29, 0.717) is 30.9 Å². The Morgan fingerprint density at radius 1 is 1.00 bits per heavy atom. The van der Waals surface area contributed by atoms with Gasteiger partial charge in [0.05, 0.1) is 11.6 Å². The molecule has 3 aromatic carbocycles. The molecule has 198 valence electrons. The summed E-state index contributed by atoms with van der Waals surface area (Å²) in [6, 6.07) is 21.8. The summed E-state index contributed by atoms with van der Waals surface area (Å²) in [5, 5.41) is 22.8. The number of nitrogens with one attached hydrogen (secondary N) is 1. The van der Waals surface area contributed by atoms with Crippen molar-refractivity contribution in [2.75, 3.05) is 29.9 Å². The number of benzene rings is 3. The van der Waals surface area contributed by atoms with E-state index in [1.165, 1.54) is 12.1 Å². The van der Waals surface area contributed by atoms with Crippen LogP contribution < -0.4 is 15.0 Å². The molecule has 1 aliphatic heterocycles. The van der Waals surface area contributed by atoms with Crippen molar-refractivity contribution in [2.24, 2.45) is 0 Å². The first-order valence-electron chi connectivity index (χ1n) is 12.2. The highest BCUT2D eigenvalue weighted by Crippen LogP contribution is 2.33. The number of fused-ring (bicyclic) bond motifs is 1.